The molecule has 2 aromatic carbocycles. The van der Waals surface area contributed by atoms with E-state index in [1.54, 1.807) is 43.3 Å². The van der Waals surface area contributed by atoms with Crippen molar-refractivity contribution >= 4 is 30.0 Å². The third-order valence-electron chi connectivity index (χ3n) is 4.60. The lowest BCUT2D eigenvalue weighted by molar-refractivity contribution is 0.465. The van der Waals surface area contributed by atoms with Crippen LogP contribution >= 0.6 is 10.8 Å². The summed E-state index contributed by atoms with van der Waals surface area (Å²) in [6, 6.07) is 10.0. The molecule has 0 saturated heterocycles. The molecule has 31 heavy (non-hydrogen) atoms. The van der Waals surface area contributed by atoms with Crippen molar-refractivity contribution in [2.24, 2.45) is 0 Å². The van der Waals surface area contributed by atoms with E-state index >= 15 is 0 Å². The molecule has 1 N–H and O–H groups in total. The molecule has 9 heteroatoms. The maximum atomic E-state index is 13.0. The fraction of sp³-hybridized carbons (Fsp3) is 0.455. The normalized spacial score (nSPS) is 12.7. The third kappa shape index (κ3) is 7.24. The van der Waals surface area contributed by atoms with Gasteiger partial charge in [0.25, 0.3) is 0 Å². The van der Waals surface area contributed by atoms with E-state index in [1.165, 1.54) is 0 Å². The second-order valence-electron chi connectivity index (χ2n) is 8.50. The summed E-state index contributed by atoms with van der Waals surface area (Å²) in [6.45, 7) is 11.7. The second-order valence-corrected chi connectivity index (χ2v) is 13.7. The molecular formula is C22H31NO5S3. The van der Waals surface area contributed by atoms with Crippen molar-refractivity contribution < 1.29 is 21.0 Å². The Labute approximate surface area is 190 Å². The Kier molecular flexibility index (Phi) is 8.24. The molecule has 2 rings (SSSR count). The van der Waals surface area contributed by atoms with Crippen LogP contribution in [0.5, 0.6) is 5.75 Å². The average molecular weight is 486 g/mol. The molecule has 0 aliphatic rings. The van der Waals surface area contributed by atoms with Crippen molar-refractivity contribution in [3.63, 3.8) is 0 Å². The van der Waals surface area contributed by atoms with Crippen molar-refractivity contribution in [1.82, 2.24) is 4.72 Å². The maximum Gasteiger partial charge on any atom is 0.382 e. The van der Waals surface area contributed by atoms with E-state index in [9.17, 15) is 16.8 Å². The predicted octanol–water partition coefficient (Wildman–Crippen LogP) is 5.10. The summed E-state index contributed by atoms with van der Waals surface area (Å²) in [5.41, 5.74) is 1.77. The number of aryl methyl sites for hydroxylation is 2. The topological polar surface area (TPSA) is 89.5 Å². The zero-order valence-corrected chi connectivity index (χ0v) is 21.3. The third-order valence-corrected chi connectivity index (χ3v) is 8.92. The summed E-state index contributed by atoms with van der Waals surface area (Å²) in [7, 11) is -6.84. The maximum absolute atomic E-state index is 13.0. The van der Waals surface area contributed by atoms with Gasteiger partial charge in [0.05, 0.1) is 4.90 Å². The highest BCUT2D eigenvalue weighted by Gasteiger charge is 2.26. The van der Waals surface area contributed by atoms with Crippen LogP contribution < -0.4 is 8.91 Å². The Bertz CT molecular complexity index is 1120. The number of hydrogen-bond acceptors (Lipinski definition) is 6. The largest absolute Gasteiger partial charge is 0.382 e. The van der Waals surface area contributed by atoms with Crippen LogP contribution in [0.1, 0.15) is 57.2 Å². The van der Waals surface area contributed by atoms with Gasteiger partial charge in [-0.3, -0.25) is 0 Å². The Morgan fingerprint density at radius 2 is 1.61 bits per heavy atom. The lowest BCUT2D eigenvalue weighted by atomic mass is 9.86. The van der Waals surface area contributed by atoms with Gasteiger partial charge in [-0.1, -0.05) is 51.8 Å². The minimum Gasteiger partial charge on any atom is -0.371 e. The van der Waals surface area contributed by atoms with E-state index < -0.39 is 24.6 Å². The van der Waals surface area contributed by atoms with Gasteiger partial charge in [-0.2, -0.15) is 13.1 Å². The lowest BCUT2D eigenvalue weighted by Gasteiger charge is -2.24. The summed E-state index contributed by atoms with van der Waals surface area (Å²) < 4.78 is 58.3. The predicted molar refractivity (Wildman–Crippen MR) is 127 cm³/mol. The molecule has 0 unspecified atom stereocenters. The molecule has 0 atom stereocenters. The Morgan fingerprint density at radius 1 is 1.00 bits per heavy atom. The number of unbranched alkanes of at least 4 members (excludes halogenated alkanes) is 1. The molecule has 172 valence electrons. The van der Waals surface area contributed by atoms with E-state index in [2.05, 4.69) is 4.72 Å². The number of hydrogen-bond donors (Lipinski definition) is 1. The minimum absolute atomic E-state index is 0.186. The first-order valence-corrected chi connectivity index (χ1v) is 14.3. The van der Waals surface area contributed by atoms with Crippen LogP contribution in [0.25, 0.3) is 0 Å². The van der Waals surface area contributed by atoms with Gasteiger partial charge >= 0.3 is 10.3 Å². The van der Waals surface area contributed by atoms with Crippen LogP contribution in [0.3, 0.4) is 0 Å². The second kappa shape index (κ2) is 9.94. The molecule has 2 aromatic rings. The fourth-order valence-corrected chi connectivity index (χ4v) is 6.90. The zero-order chi connectivity index (χ0) is 23.4. The molecular weight excluding hydrogens is 454 g/mol. The first kappa shape index (κ1) is 25.7. The Balaban J connectivity index is 2.43. The smallest absolute Gasteiger partial charge is 0.371 e. The van der Waals surface area contributed by atoms with Crippen molar-refractivity contribution in [3.05, 3.63) is 53.1 Å². The van der Waals surface area contributed by atoms with Gasteiger partial charge in [0.1, 0.15) is 5.75 Å². The van der Waals surface area contributed by atoms with Gasteiger partial charge in [0.15, 0.2) is 0 Å². The van der Waals surface area contributed by atoms with E-state index in [4.69, 9.17) is 4.18 Å². The number of nitrogens with one attached hydrogen (secondary N) is 1. The molecule has 0 heterocycles. The number of rotatable bonds is 9. The van der Waals surface area contributed by atoms with Gasteiger partial charge < -0.3 is 4.18 Å². The quantitative estimate of drug-likeness (QED) is 0.393. The Morgan fingerprint density at radius 3 is 2.16 bits per heavy atom. The zero-order valence-electron chi connectivity index (χ0n) is 18.9. The summed E-state index contributed by atoms with van der Waals surface area (Å²) in [4.78, 5) is 0.776. The standard InChI is InChI=1S/C22H31NO5S3/c1-7-8-13-23-31(26,27)28-20-15-19(22(4,5)6)21(14-17(20)3)29-30(24,25)18-11-9-16(2)10-12-18/h9-12,14-15,23H,7-8,13H2,1-6H3. The molecule has 0 aromatic heterocycles. The highest BCUT2D eigenvalue weighted by Crippen LogP contribution is 2.41. The van der Waals surface area contributed by atoms with Gasteiger partial charge in [0, 0.05) is 22.2 Å². The van der Waals surface area contributed by atoms with Gasteiger partial charge in [-0.05, 0) is 61.1 Å². The van der Waals surface area contributed by atoms with E-state index in [0.29, 0.717) is 29.0 Å². The van der Waals surface area contributed by atoms with Crippen molar-refractivity contribution in [1.29, 1.82) is 0 Å². The number of benzene rings is 2. The molecule has 0 aliphatic heterocycles. The van der Waals surface area contributed by atoms with Crippen LogP contribution in [0.2, 0.25) is 0 Å². The molecule has 0 saturated carbocycles. The van der Waals surface area contributed by atoms with Crippen LogP contribution in [-0.2, 0) is 24.6 Å². The molecule has 0 radical (unpaired) electrons. The fourth-order valence-electron chi connectivity index (χ4n) is 2.80. The van der Waals surface area contributed by atoms with E-state index in [1.807, 2.05) is 34.6 Å². The summed E-state index contributed by atoms with van der Waals surface area (Å²) in [5.74, 6) is 0.186. The van der Waals surface area contributed by atoms with Crippen LogP contribution in [0.4, 0.5) is 0 Å². The summed E-state index contributed by atoms with van der Waals surface area (Å²) >= 11 is 0. The highest BCUT2D eigenvalue weighted by atomic mass is 33.1. The molecule has 0 fully saturated rings. The van der Waals surface area contributed by atoms with Gasteiger partial charge in [-0.25, -0.2) is 8.42 Å². The molecule has 0 bridgehead atoms. The van der Waals surface area contributed by atoms with Crippen molar-refractivity contribution in [2.45, 2.75) is 69.6 Å². The summed E-state index contributed by atoms with van der Waals surface area (Å²) in [6.07, 6.45) is 1.57. The molecule has 6 nitrogen and oxygen atoms in total. The van der Waals surface area contributed by atoms with Crippen molar-refractivity contribution in [2.75, 3.05) is 6.54 Å². The van der Waals surface area contributed by atoms with Crippen LogP contribution in [0.15, 0.2) is 46.2 Å². The first-order valence-electron chi connectivity index (χ1n) is 10.1. The average Bonchev–Trinajstić information content (AvgIpc) is 2.63. The van der Waals surface area contributed by atoms with Gasteiger partial charge in [0.2, 0.25) is 8.87 Å². The first-order chi connectivity index (χ1) is 14.2. The minimum atomic E-state index is -3.96. The monoisotopic (exact) mass is 485 g/mol. The van der Waals surface area contributed by atoms with E-state index in [0.717, 1.165) is 22.8 Å². The van der Waals surface area contributed by atoms with Crippen LogP contribution in [0, 0.1) is 13.8 Å². The molecule has 0 aliphatic carbocycles. The van der Waals surface area contributed by atoms with E-state index in [-0.39, 0.29) is 10.6 Å². The Hall–Kier alpha value is -1.55. The SMILES string of the molecule is CCCCNS(=O)(=O)Oc1cc(C(C)(C)C)c(SS(=O)(=O)c2ccc(C)cc2)cc1C. The lowest BCUT2D eigenvalue weighted by Crippen LogP contribution is -2.29. The summed E-state index contributed by atoms with van der Waals surface area (Å²) in [5, 5.41) is 0. The highest BCUT2D eigenvalue weighted by molar-refractivity contribution is 8.72. The molecule has 0 amide bonds. The van der Waals surface area contributed by atoms with Gasteiger partial charge in [-0.15, -0.1) is 0 Å². The van der Waals surface area contributed by atoms with Crippen LogP contribution in [-0.4, -0.2) is 23.4 Å². The molecule has 0 spiro atoms. The van der Waals surface area contributed by atoms with Crippen molar-refractivity contribution in [3.8, 4) is 5.75 Å².